The number of likely N-dealkylation sites (tertiary alicyclic amines) is 1. The van der Waals surface area contributed by atoms with Crippen molar-refractivity contribution in [2.24, 2.45) is 17.6 Å². The van der Waals surface area contributed by atoms with Crippen LogP contribution < -0.4 is 15.4 Å². The smallest absolute Gasteiger partial charge is 0.239 e. The van der Waals surface area contributed by atoms with Gasteiger partial charge in [-0.05, 0) is 60.9 Å². The zero-order valence-corrected chi connectivity index (χ0v) is 21.5. The van der Waals surface area contributed by atoms with Crippen LogP contribution >= 0.6 is 0 Å². The van der Waals surface area contributed by atoms with Gasteiger partial charge in [0.1, 0.15) is 12.4 Å². The van der Waals surface area contributed by atoms with Crippen LogP contribution in [0.3, 0.4) is 0 Å². The summed E-state index contributed by atoms with van der Waals surface area (Å²) >= 11 is 0. The molecule has 0 bridgehead atoms. The van der Waals surface area contributed by atoms with Gasteiger partial charge in [-0.25, -0.2) is 0 Å². The van der Waals surface area contributed by atoms with Crippen molar-refractivity contribution >= 4 is 11.6 Å². The Morgan fingerprint density at radius 3 is 2.29 bits per heavy atom. The fourth-order valence-corrected chi connectivity index (χ4v) is 4.65. The third-order valence-electron chi connectivity index (χ3n) is 6.88. The highest BCUT2D eigenvalue weighted by molar-refractivity contribution is 5.81. The summed E-state index contributed by atoms with van der Waals surface area (Å²) in [5.74, 6) is 2.03. The number of hydrogen-bond acceptors (Lipinski definition) is 4. The summed E-state index contributed by atoms with van der Waals surface area (Å²) in [4.78, 5) is 17.3. The monoisotopic (exact) mass is 465 g/mol. The molecular weight excluding hydrogens is 422 g/mol. The van der Waals surface area contributed by atoms with E-state index in [1.54, 1.807) is 0 Å². The zero-order chi connectivity index (χ0) is 24.5. The normalized spacial score (nSPS) is 16.4. The molecule has 2 N–H and O–H groups in total. The number of carbonyl (C=O) groups excluding carboxylic acids is 1. The summed E-state index contributed by atoms with van der Waals surface area (Å²) in [6.07, 6.45) is 3.85. The summed E-state index contributed by atoms with van der Waals surface area (Å²) in [6, 6.07) is 18.8. The highest BCUT2D eigenvalue weighted by Crippen LogP contribution is 2.28. The molecule has 5 heteroatoms. The molecule has 1 amide bonds. The van der Waals surface area contributed by atoms with Crippen molar-refractivity contribution in [3.63, 3.8) is 0 Å². The minimum absolute atomic E-state index is 0.112. The van der Waals surface area contributed by atoms with Crippen LogP contribution in [-0.2, 0) is 11.4 Å². The van der Waals surface area contributed by atoms with E-state index in [-0.39, 0.29) is 11.9 Å². The van der Waals surface area contributed by atoms with Crippen molar-refractivity contribution in [2.45, 2.75) is 72.1 Å². The summed E-state index contributed by atoms with van der Waals surface area (Å²) in [7, 11) is 0. The van der Waals surface area contributed by atoms with E-state index in [4.69, 9.17) is 10.5 Å². The standard InChI is InChI=1S/C29H43N3O2/c1-5-23(4)20-32(26-15-17-31(18-16-26)29(33)28(30)19-22(2)3)25-11-13-27(14-12-25)34-21-24-9-7-6-8-10-24/h6-14,22-23,26,28H,5,15-21,30H2,1-4H3. The zero-order valence-electron chi connectivity index (χ0n) is 21.5. The summed E-state index contributed by atoms with van der Waals surface area (Å²) in [6.45, 7) is 12.0. The third kappa shape index (κ3) is 7.49. The first-order valence-corrected chi connectivity index (χ1v) is 12.9. The fraction of sp³-hybridized carbons (Fsp3) is 0.552. The Kier molecular flexibility index (Phi) is 9.82. The number of piperidine rings is 1. The number of nitrogens with two attached hydrogens (primary N) is 1. The van der Waals surface area contributed by atoms with Crippen LogP contribution in [0.1, 0.15) is 58.9 Å². The molecule has 3 rings (SSSR count). The molecule has 0 spiro atoms. The second kappa shape index (κ2) is 12.8. The van der Waals surface area contributed by atoms with Gasteiger partial charge >= 0.3 is 0 Å². The predicted molar refractivity (Wildman–Crippen MR) is 141 cm³/mol. The van der Waals surface area contributed by atoms with Gasteiger partial charge in [0.2, 0.25) is 5.91 Å². The molecule has 5 nitrogen and oxygen atoms in total. The van der Waals surface area contributed by atoms with Crippen molar-refractivity contribution < 1.29 is 9.53 Å². The number of benzene rings is 2. The van der Waals surface area contributed by atoms with Crippen LogP contribution in [0.25, 0.3) is 0 Å². The van der Waals surface area contributed by atoms with E-state index in [0.29, 0.717) is 24.5 Å². The van der Waals surface area contributed by atoms with Crippen molar-refractivity contribution in [1.82, 2.24) is 4.90 Å². The molecule has 0 aromatic heterocycles. The quantitative estimate of drug-likeness (QED) is 0.477. The molecule has 0 saturated carbocycles. The van der Waals surface area contributed by atoms with Gasteiger partial charge < -0.3 is 20.3 Å². The SMILES string of the molecule is CCC(C)CN(c1ccc(OCc2ccccc2)cc1)C1CCN(C(=O)C(N)CC(C)C)CC1. The molecule has 186 valence electrons. The lowest BCUT2D eigenvalue weighted by Crippen LogP contribution is -2.52. The third-order valence-corrected chi connectivity index (χ3v) is 6.88. The van der Waals surface area contributed by atoms with Crippen LogP contribution in [0.15, 0.2) is 54.6 Å². The average Bonchev–Trinajstić information content (AvgIpc) is 2.86. The van der Waals surface area contributed by atoms with Crippen LogP contribution in [0, 0.1) is 11.8 Å². The minimum Gasteiger partial charge on any atom is -0.489 e. The van der Waals surface area contributed by atoms with Gasteiger partial charge in [0.15, 0.2) is 0 Å². The summed E-state index contributed by atoms with van der Waals surface area (Å²) in [5.41, 5.74) is 8.58. The molecule has 2 unspecified atom stereocenters. The van der Waals surface area contributed by atoms with Gasteiger partial charge in [-0.1, -0.05) is 64.4 Å². The van der Waals surface area contributed by atoms with Gasteiger partial charge in [-0.2, -0.15) is 0 Å². The molecule has 2 aromatic carbocycles. The maximum atomic E-state index is 12.8. The fourth-order valence-electron chi connectivity index (χ4n) is 4.65. The molecular formula is C29H43N3O2. The molecule has 0 aliphatic carbocycles. The van der Waals surface area contributed by atoms with E-state index in [1.165, 1.54) is 11.3 Å². The summed E-state index contributed by atoms with van der Waals surface area (Å²) in [5, 5.41) is 0. The van der Waals surface area contributed by atoms with Crippen LogP contribution in [0.4, 0.5) is 5.69 Å². The number of carbonyl (C=O) groups is 1. The van der Waals surface area contributed by atoms with Crippen LogP contribution in [-0.4, -0.2) is 42.5 Å². The first-order valence-electron chi connectivity index (χ1n) is 12.9. The largest absolute Gasteiger partial charge is 0.489 e. The molecule has 1 fully saturated rings. The topological polar surface area (TPSA) is 58.8 Å². The molecule has 34 heavy (non-hydrogen) atoms. The number of anilines is 1. The maximum absolute atomic E-state index is 12.8. The predicted octanol–water partition coefficient (Wildman–Crippen LogP) is 5.48. The Morgan fingerprint density at radius 2 is 1.71 bits per heavy atom. The van der Waals surface area contributed by atoms with E-state index >= 15 is 0 Å². The Bertz CT molecular complexity index is 861. The number of rotatable bonds is 11. The lowest BCUT2D eigenvalue weighted by molar-refractivity contribution is -0.134. The summed E-state index contributed by atoms with van der Waals surface area (Å²) < 4.78 is 5.99. The molecule has 1 aliphatic heterocycles. The van der Waals surface area contributed by atoms with Gasteiger partial charge in [-0.15, -0.1) is 0 Å². The second-order valence-electron chi connectivity index (χ2n) is 10.2. The van der Waals surface area contributed by atoms with Crippen LogP contribution in [0.2, 0.25) is 0 Å². The Morgan fingerprint density at radius 1 is 1.06 bits per heavy atom. The first kappa shape index (κ1) is 26.1. The second-order valence-corrected chi connectivity index (χ2v) is 10.2. The Hall–Kier alpha value is -2.53. The van der Waals surface area contributed by atoms with Crippen molar-refractivity contribution in [2.75, 3.05) is 24.5 Å². The van der Waals surface area contributed by atoms with Crippen LogP contribution in [0.5, 0.6) is 5.75 Å². The van der Waals surface area contributed by atoms with Gasteiger partial charge in [0.05, 0.1) is 6.04 Å². The van der Waals surface area contributed by atoms with Gasteiger partial charge in [0, 0.05) is 31.4 Å². The van der Waals surface area contributed by atoms with E-state index in [9.17, 15) is 4.79 Å². The molecule has 1 heterocycles. The van der Waals surface area contributed by atoms with Gasteiger partial charge in [0.25, 0.3) is 0 Å². The number of hydrogen-bond donors (Lipinski definition) is 1. The highest BCUT2D eigenvalue weighted by Gasteiger charge is 2.30. The number of amides is 1. The maximum Gasteiger partial charge on any atom is 0.239 e. The average molecular weight is 466 g/mol. The minimum atomic E-state index is -0.379. The highest BCUT2D eigenvalue weighted by atomic mass is 16.5. The number of ether oxygens (including phenoxy) is 1. The molecule has 2 aromatic rings. The number of nitrogens with zero attached hydrogens (tertiary/aromatic N) is 2. The van der Waals surface area contributed by atoms with E-state index < -0.39 is 0 Å². The first-order chi connectivity index (χ1) is 16.4. The van der Waals surface area contributed by atoms with Gasteiger partial charge in [-0.3, -0.25) is 4.79 Å². The van der Waals surface area contributed by atoms with Crippen molar-refractivity contribution in [3.8, 4) is 5.75 Å². The molecule has 2 atom stereocenters. The van der Waals surface area contributed by atoms with E-state index in [2.05, 4.69) is 69.0 Å². The molecule has 1 saturated heterocycles. The Balaban J connectivity index is 1.62. The molecule has 0 radical (unpaired) electrons. The molecule has 1 aliphatic rings. The van der Waals surface area contributed by atoms with Crippen molar-refractivity contribution in [3.05, 3.63) is 60.2 Å². The Labute approximate surface area is 206 Å². The van der Waals surface area contributed by atoms with Crippen molar-refractivity contribution in [1.29, 1.82) is 0 Å². The lowest BCUT2D eigenvalue weighted by atomic mass is 9.97. The van der Waals surface area contributed by atoms with E-state index in [1.807, 2.05) is 23.1 Å². The lowest BCUT2D eigenvalue weighted by Gasteiger charge is -2.41. The van der Waals surface area contributed by atoms with E-state index in [0.717, 1.165) is 51.1 Å².